The predicted molar refractivity (Wildman–Crippen MR) is 94.4 cm³/mol. The number of nitrogens with two attached hydrogens (primary N) is 1. The second-order valence-corrected chi connectivity index (χ2v) is 6.51. The number of primary amides is 1. The molecule has 2 heterocycles. The van der Waals surface area contributed by atoms with Gasteiger partial charge in [-0.3, -0.25) is 9.78 Å². The number of aryl methyl sites for hydroxylation is 1. The van der Waals surface area contributed by atoms with E-state index in [2.05, 4.69) is 22.1 Å². The van der Waals surface area contributed by atoms with Crippen molar-refractivity contribution < 1.29 is 9.53 Å². The van der Waals surface area contributed by atoms with Crippen LogP contribution in [-0.4, -0.2) is 23.0 Å². The molecule has 0 radical (unpaired) electrons. The summed E-state index contributed by atoms with van der Waals surface area (Å²) in [5.41, 5.74) is 8.42. The summed E-state index contributed by atoms with van der Waals surface area (Å²) in [5.74, 6) is 0.321. The Morgan fingerprint density at radius 1 is 1.21 bits per heavy atom. The van der Waals surface area contributed by atoms with Crippen LogP contribution in [0.3, 0.4) is 0 Å². The van der Waals surface area contributed by atoms with E-state index in [1.165, 1.54) is 6.20 Å². The molecule has 1 aromatic carbocycles. The zero-order valence-electron chi connectivity index (χ0n) is 13.4. The summed E-state index contributed by atoms with van der Waals surface area (Å²) in [7, 11) is 1.67. The number of benzene rings is 1. The molecule has 3 aromatic rings. The van der Waals surface area contributed by atoms with Crippen LogP contribution in [0.15, 0.2) is 42.7 Å². The SMILES string of the molecule is COc1ccc(-c2ccc(Cc3nccnc3C(N)=O)s2)cc1C. The van der Waals surface area contributed by atoms with Crippen molar-refractivity contribution in [3.63, 3.8) is 0 Å². The monoisotopic (exact) mass is 339 g/mol. The van der Waals surface area contributed by atoms with Crippen molar-refractivity contribution in [2.24, 2.45) is 5.73 Å². The number of amides is 1. The maximum atomic E-state index is 11.4. The Kier molecular flexibility index (Phi) is 4.57. The van der Waals surface area contributed by atoms with Gasteiger partial charge in [-0.15, -0.1) is 11.3 Å². The Bertz CT molecular complexity index is 889. The lowest BCUT2D eigenvalue weighted by molar-refractivity contribution is 0.0994. The molecule has 0 spiro atoms. The summed E-state index contributed by atoms with van der Waals surface area (Å²) in [6.07, 6.45) is 3.58. The van der Waals surface area contributed by atoms with Gasteiger partial charge in [-0.1, -0.05) is 0 Å². The molecule has 1 amide bonds. The van der Waals surface area contributed by atoms with E-state index in [-0.39, 0.29) is 5.69 Å². The summed E-state index contributed by atoms with van der Waals surface area (Å²) < 4.78 is 5.30. The summed E-state index contributed by atoms with van der Waals surface area (Å²) in [5, 5.41) is 0. The normalized spacial score (nSPS) is 10.6. The number of nitrogens with zero attached hydrogens (tertiary/aromatic N) is 2. The number of carbonyl (C=O) groups excluding carboxylic acids is 1. The van der Waals surface area contributed by atoms with Crippen LogP contribution in [0, 0.1) is 6.92 Å². The van der Waals surface area contributed by atoms with Crippen LogP contribution in [0.2, 0.25) is 0 Å². The van der Waals surface area contributed by atoms with Gasteiger partial charge in [0.05, 0.1) is 12.8 Å². The van der Waals surface area contributed by atoms with Crippen LogP contribution in [0.25, 0.3) is 10.4 Å². The van der Waals surface area contributed by atoms with Crippen LogP contribution in [-0.2, 0) is 6.42 Å². The number of hydrogen-bond acceptors (Lipinski definition) is 5. The van der Waals surface area contributed by atoms with E-state index in [4.69, 9.17) is 10.5 Å². The highest BCUT2D eigenvalue weighted by Crippen LogP contribution is 2.32. The zero-order valence-corrected chi connectivity index (χ0v) is 14.3. The number of hydrogen-bond donors (Lipinski definition) is 1. The summed E-state index contributed by atoms with van der Waals surface area (Å²) in [6, 6.07) is 10.2. The van der Waals surface area contributed by atoms with Gasteiger partial charge in [-0.2, -0.15) is 0 Å². The van der Waals surface area contributed by atoms with E-state index in [9.17, 15) is 4.79 Å². The lowest BCUT2D eigenvalue weighted by Crippen LogP contribution is -2.16. The minimum absolute atomic E-state index is 0.229. The van der Waals surface area contributed by atoms with Gasteiger partial charge in [0.15, 0.2) is 0 Å². The van der Waals surface area contributed by atoms with E-state index in [0.29, 0.717) is 12.1 Å². The molecule has 3 rings (SSSR count). The quantitative estimate of drug-likeness (QED) is 0.774. The summed E-state index contributed by atoms with van der Waals surface area (Å²) >= 11 is 1.66. The molecule has 6 heteroatoms. The van der Waals surface area contributed by atoms with Crippen LogP contribution >= 0.6 is 11.3 Å². The largest absolute Gasteiger partial charge is 0.496 e. The van der Waals surface area contributed by atoms with Gasteiger partial charge in [0, 0.05) is 28.6 Å². The fourth-order valence-electron chi connectivity index (χ4n) is 2.53. The predicted octanol–water partition coefficient (Wildman–Crippen LogP) is 3.21. The third kappa shape index (κ3) is 3.28. The fraction of sp³-hybridized carbons (Fsp3) is 0.167. The molecule has 0 atom stereocenters. The molecule has 0 bridgehead atoms. The van der Waals surface area contributed by atoms with E-state index in [1.54, 1.807) is 24.6 Å². The van der Waals surface area contributed by atoms with Crippen LogP contribution in [0.4, 0.5) is 0 Å². The molecular formula is C18H17N3O2S. The summed E-state index contributed by atoms with van der Waals surface area (Å²) in [4.78, 5) is 22.0. The van der Waals surface area contributed by atoms with Crippen molar-refractivity contribution in [2.45, 2.75) is 13.3 Å². The van der Waals surface area contributed by atoms with Crippen LogP contribution in [0.1, 0.15) is 26.6 Å². The highest BCUT2D eigenvalue weighted by Gasteiger charge is 2.13. The Hall–Kier alpha value is -2.73. The van der Waals surface area contributed by atoms with Gasteiger partial charge in [-0.05, 0) is 48.4 Å². The number of aromatic nitrogens is 2. The Balaban J connectivity index is 1.87. The first-order valence-corrected chi connectivity index (χ1v) is 8.23. The minimum atomic E-state index is -0.555. The first kappa shape index (κ1) is 16.1. The number of ether oxygens (including phenoxy) is 1. The molecule has 2 aromatic heterocycles. The topological polar surface area (TPSA) is 78.1 Å². The average Bonchev–Trinajstić information content (AvgIpc) is 3.03. The standard InChI is InChI=1S/C18H17N3O2S/c1-11-9-12(3-5-15(11)23-2)16-6-4-13(24-16)10-14-17(18(19)22)21-8-7-20-14/h3-9H,10H2,1-2H3,(H2,19,22). The van der Waals surface area contributed by atoms with Gasteiger partial charge in [0.2, 0.25) is 0 Å². The lowest BCUT2D eigenvalue weighted by atomic mass is 10.1. The van der Waals surface area contributed by atoms with E-state index in [1.807, 2.05) is 25.1 Å². The van der Waals surface area contributed by atoms with Crippen molar-refractivity contribution in [1.82, 2.24) is 9.97 Å². The van der Waals surface area contributed by atoms with Crippen molar-refractivity contribution in [2.75, 3.05) is 7.11 Å². The van der Waals surface area contributed by atoms with Gasteiger partial charge in [0.1, 0.15) is 11.4 Å². The molecule has 0 saturated heterocycles. The second-order valence-electron chi connectivity index (χ2n) is 5.34. The maximum Gasteiger partial charge on any atom is 0.269 e. The molecular weight excluding hydrogens is 322 g/mol. The molecule has 0 aliphatic carbocycles. The van der Waals surface area contributed by atoms with Gasteiger partial charge < -0.3 is 10.5 Å². The van der Waals surface area contributed by atoms with Crippen LogP contribution in [0.5, 0.6) is 5.75 Å². The molecule has 24 heavy (non-hydrogen) atoms. The molecule has 122 valence electrons. The van der Waals surface area contributed by atoms with Crippen molar-refractivity contribution in [3.05, 3.63) is 64.6 Å². The van der Waals surface area contributed by atoms with E-state index in [0.717, 1.165) is 26.6 Å². The van der Waals surface area contributed by atoms with Crippen molar-refractivity contribution in [3.8, 4) is 16.2 Å². The van der Waals surface area contributed by atoms with Gasteiger partial charge in [-0.25, -0.2) is 4.98 Å². The number of methoxy groups -OCH3 is 1. The van der Waals surface area contributed by atoms with Gasteiger partial charge in [0.25, 0.3) is 5.91 Å². The molecule has 0 aliphatic rings. The second kappa shape index (κ2) is 6.80. The molecule has 0 aliphatic heterocycles. The number of rotatable bonds is 5. The molecule has 2 N–H and O–H groups in total. The molecule has 5 nitrogen and oxygen atoms in total. The average molecular weight is 339 g/mol. The Morgan fingerprint density at radius 2 is 2.00 bits per heavy atom. The molecule has 0 unspecified atom stereocenters. The van der Waals surface area contributed by atoms with E-state index >= 15 is 0 Å². The van der Waals surface area contributed by atoms with Crippen molar-refractivity contribution in [1.29, 1.82) is 0 Å². The first-order valence-electron chi connectivity index (χ1n) is 7.42. The summed E-state index contributed by atoms with van der Waals surface area (Å²) in [6.45, 7) is 2.02. The smallest absolute Gasteiger partial charge is 0.269 e. The van der Waals surface area contributed by atoms with Gasteiger partial charge >= 0.3 is 0 Å². The molecule has 0 fully saturated rings. The van der Waals surface area contributed by atoms with Crippen LogP contribution < -0.4 is 10.5 Å². The molecule has 0 saturated carbocycles. The lowest BCUT2D eigenvalue weighted by Gasteiger charge is -2.06. The highest BCUT2D eigenvalue weighted by atomic mass is 32.1. The number of thiophene rings is 1. The Labute approximate surface area is 144 Å². The minimum Gasteiger partial charge on any atom is -0.496 e. The maximum absolute atomic E-state index is 11.4. The third-order valence-electron chi connectivity index (χ3n) is 3.69. The fourth-order valence-corrected chi connectivity index (χ4v) is 3.54. The third-order valence-corrected chi connectivity index (χ3v) is 4.82. The number of carbonyl (C=O) groups is 1. The van der Waals surface area contributed by atoms with Crippen molar-refractivity contribution >= 4 is 17.2 Å². The first-order chi connectivity index (χ1) is 11.6. The zero-order chi connectivity index (χ0) is 17.1. The van der Waals surface area contributed by atoms with E-state index < -0.39 is 5.91 Å². The Morgan fingerprint density at radius 3 is 2.71 bits per heavy atom. The highest BCUT2D eigenvalue weighted by molar-refractivity contribution is 7.15.